The highest BCUT2D eigenvalue weighted by atomic mass is 79.9. The van der Waals surface area contributed by atoms with Gasteiger partial charge >= 0.3 is 0 Å². The highest BCUT2D eigenvalue weighted by molar-refractivity contribution is 9.11. The van der Waals surface area contributed by atoms with Gasteiger partial charge in [-0.3, -0.25) is 0 Å². The number of alkyl halides is 1. The molecule has 0 radical (unpaired) electrons. The lowest BCUT2D eigenvalue weighted by Gasteiger charge is -2.13. The van der Waals surface area contributed by atoms with Crippen molar-refractivity contribution in [2.24, 2.45) is 0 Å². The van der Waals surface area contributed by atoms with E-state index in [-0.39, 0.29) is 4.83 Å². The van der Waals surface area contributed by atoms with Crippen molar-refractivity contribution in [1.82, 2.24) is 0 Å². The molecule has 0 aliphatic heterocycles. The van der Waals surface area contributed by atoms with Crippen molar-refractivity contribution in [3.63, 3.8) is 0 Å². The van der Waals surface area contributed by atoms with E-state index >= 15 is 0 Å². The Morgan fingerprint density at radius 3 is 2.37 bits per heavy atom. The van der Waals surface area contributed by atoms with E-state index < -0.39 is 0 Å². The van der Waals surface area contributed by atoms with Crippen LogP contribution in [0.25, 0.3) is 0 Å². The van der Waals surface area contributed by atoms with E-state index in [4.69, 9.17) is 23.2 Å². The van der Waals surface area contributed by atoms with E-state index in [1.54, 1.807) is 0 Å². The molecule has 2 aromatic carbocycles. The van der Waals surface area contributed by atoms with Gasteiger partial charge in [-0.2, -0.15) is 0 Å². The number of hydrogen-bond acceptors (Lipinski definition) is 0. The Kier molecular flexibility index (Phi) is 5.79. The van der Waals surface area contributed by atoms with Crippen LogP contribution in [-0.4, -0.2) is 0 Å². The molecule has 1 unspecified atom stereocenters. The molecular weight excluding hydrogens is 479 g/mol. The minimum absolute atomic E-state index is 0.205. The molecule has 0 N–H and O–H groups in total. The summed E-state index contributed by atoms with van der Waals surface area (Å²) in [5.74, 6) is 0. The fourth-order valence-corrected chi connectivity index (χ4v) is 4.02. The van der Waals surface area contributed by atoms with Gasteiger partial charge < -0.3 is 0 Å². The number of benzene rings is 2. The predicted octanol–water partition coefficient (Wildman–Crippen LogP) is 7.20. The zero-order valence-corrected chi connectivity index (χ0v) is 15.9. The summed E-state index contributed by atoms with van der Waals surface area (Å²) >= 11 is 22.7. The van der Waals surface area contributed by atoms with Crippen molar-refractivity contribution < 1.29 is 0 Å². The van der Waals surface area contributed by atoms with Crippen LogP contribution in [0.1, 0.15) is 16.0 Å². The summed E-state index contributed by atoms with van der Waals surface area (Å²) < 4.78 is 2.14. The Balaban J connectivity index is 2.22. The Morgan fingerprint density at radius 2 is 1.68 bits per heavy atom. The molecule has 0 saturated carbocycles. The van der Waals surface area contributed by atoms with Crippen molar-refractivity contribution in [3.05, 3.63) is 66.5 Å². The second-order valence-corrected chi connectivity index (χ2v) is 7.78. The fraction of sp³-hybridized carbons (Fsp3) is 0.143. The Bertz CT molecular complexity index is 599. The van der Waals surface area contributed by atoms with Crippen molar-refractivity contribution in [2.75, 3.05) is 0 Å². The third-order valence-electron chi connectivity index (χ3n) is 2.69. The quantitative estimate of drug-likeness (QED) is 0.402. The molecule has 0 bridgehead atoms. The lowest BCUT2D eigenvalue weighted by Crippen LogP contribution is -1.97. The minimum Gasteiger partial charge on any atom is -0.0835 e. The first-order valence-electron chi connectivity index (χ1n) is 5.50. The molecule has 0 aliphatic carbocycles. The third-order valence-corrected chi connectivity index (χ3v) is 5.47. The molecule has 0 saturated heterocycles. The SMILES string of the molecule is Clc1ccc(CC(Br)c2cc(Br)ccc2Br)cc1Cl. The first-order chi connectivity index (χ1) is 8.97. The van der Waals surface area contributed by atoms with Gasteiger partial charge in [-0.25, -0.2) is 0 Å². The minimum atomic E-state index is 0.205. The van der Waals surface area contributed by atoms with E-state index in [1.807, 2.05) is 30.3 Å². The first-order valence-corrected chi connectivity index (χ1v) is 8.76. The van der Waals surface area contributed by atoms with Crippen LogP contribution in [0, 0.1) is 0 Å². The zero-order valence-electron chi connectivity index (χ0n) is 9.64. The number of halogens is 5. The zero-order chi connectivity index (χ0) is 14.0. The molecule has 0 spiro atoms. The van der Waals surface area contributed by atoms with Crippen LogP contribution in [0.5, 0.6) is 0 Å². The Labute approximate surface area is 147 Å². The van der Waals surface area contributed by atoms with Crippen LogP contribution in [0.4, 0.5) is 0 Å². The van der Waals surface area contributed by atoms with E-state index in [2.05, 4.69) is 53.9 Å². The van der Waals surface area contributed by atoms with Gasteiger partial charge in [0, 0.05) is 13.8 Å². The second kappa shape index (κ2) is 6.95. The number of hydrogen-bond donors (Lipinski definition) is 0. The van der Waals surface area contributed by atoms with Crippen molar-refractivity contribution in [1.29, 1.82) is 0 Å². The maximum Gasteiger partial charge on any atom is 0.0595 e. The first kappa shape index (κ1) is 15.8. The van der Waals surface area contributed by atoms with Crippen LogP contribution in [0.15, 0.2) is 45.3 Å². The Morgan fingerprint density at radius 1 is 0.947 bits per heavy atom. The van der Waals surface area contributed by atoms with Crippen molar-refractivity contribution in [2.45, 2.75) is 11.2 Å². The molecule has 1 atom stereocenters. The molecule has 2 rings (SSSR count). The van der Waals surface area contributed by atoms with Gasteiger partial charge in [0.2, 0.25) is 0 Å². The van der Waals surface area contributed by atoms with E-state index in [0.29, 0.717) is 10.0 Å². The Hall–Kier alpha value is 0.460. The lowest BCUT2D eigenvalue weighted by atomic mass is 10.0. The fourth-order valence-electron chi connectivity index (χ4n) is 1.74. The monoisotopic (exact) mass is 484 g/mol. The standard InChI is InChI=1S/C14H9Br3Cl2/c15-9-2-3-11(16)10(7-9)12(17)5-8-1-4-13(18)14(19)6-8/h1-4,6-7,12H,5H2. The van der Waals surface area contributed by atoms with Gasteiger partial charge in [-0.15, -0.1) is 0 Å². The average Bonchev–Trinajstić information content (AvgIpc) is 2.36. The molecule has 100 valence electrons. The van der Waals surface area contributed by atoms with Crippen LogP contribution in [0.3, 0.4) is 0 Å². The summed E-state index contributed by atoms with van der Waals surface area (Å²) in [7, 11) is 0. The molecular formula is C14H9Br3Cl2. The van der Waals surface area contributed by atoms with Gasteiger partial charge in [-0.1, -0.05) is 77.1 Å². The highest BCUT2D eigenvalue weighted by Crippen LogP contribution is 2.35. The van der Waals surface area contributed by atoms with Crippen LogP contribution in [0.2, 0.25) is 10.0 Å². The van der Waals surface area contributed by atoms with Crippen LogP contribution >= 0.6 is 71.0 Å². The van der Waals surface area contributed by atoms with Gasteiger partial charge in [0.1, 0.15) is 0 Å². The summed E-state index contributed by atoms with van der Waals surface area (Å²) in [6.45, 7) is 0. The smallest absolute Gasteiger partial charge is 0.0595 e. The maximum atomic E-state index is 6.04. The summed E-state index contributed by atoms with van der Waals surface area (Å²) in [6.07, 6.45) is 0.839. The van der Waals surface area contributed by atoms with Gasteiger partial charge in [0.05, 0.1) is 10.0 Å². The van der Waals surface area contributed by atoms with E-state index in [0.717, 1.165) is 20.9 Å². The van der Waals surface area contributed by atoms with E-state index in [1.165, 1.54) is 5.56 Å². The van der Waals surface area contributed by atoms with E-state index in [9.17, 15) is 0 Å². The maximum absolute atomic E-state index is 6.04. The predicted molar refractivity (Wildman–Crippen MR) is 93.7 cm³/mol. The molecule has 0 heterocycles. The summed E-state index contributed by atoms with van der Waals surface area (Å²) in [5, 5.41) is 1.17. The summed E-state index contributed by atoms with van der Waals surface area (Å²) in [5.41, 5.74) is 2.34. The van der Waals surface area contributed by atoms with Crippen LogP contribution in [-0.2, 0) is 6.42 Å². The third kappa shape index (κ3) is 4.21. The summed E-state index contributed by atoms with van der Waals surface area (Å²) in [6, 6.07) is 11.9. The normalized spacial score (nSPS) is 12.5. The second-order valence-electron chi connectivity index (χ2n) is 4.09. The molecule has 5 heteroatoms. The average molecular weight is 488 g/mol. The van der Waals surface area contributed by atoms with Crippen LogP contribution < -0.4 is 0 Å². The largest absolute Gasteiger partial charge is 0.0835 e. The number of rotatable bonds is 3. The molecule has 0 amide bonds. The molecule has 0 aliphatic rings. The summed E-state index contributed by atoms with van der Waals surface area (Å²) in [4.78, 5) is 0.205. The lowest BCUT2D eigenvalue weighted by molar-refractivity contribution is 0.942. The topological polar surface area (TPSA) is 0 Å². The van der Waals surface area contributed by atoms with Crippen molar-refractivity contribution >= 4 is 71.0 Å². The van der Waals surface area contributed by atoms with Gasteiger partial charge in [-0.05, 0) is 47.9 Å². The molecule has 0 aromatic heterocycles. The molecule has 0 nitrogen and oxygen atoms in total. The molecule has 2 aromatic rings. The van der Waals surface area contributed by atoms with Gasteiger partial charge in [0.15, 0.2) is 0 Å². The van der Waals surface area contributed by atoms with Gasteiger partial charge in [0.25, 0.3) is 0 Å². The molecule has 19 heavy (non-hydrogen) atoms. The highest BCUT2D eigenvalue weighted by Gasteiger charge is 2.13. The van der Waals surface area contributed by atoms with Crippen molar-refractivity contribution in [3.8, 4) is 0 Å². The molecule has 0 fully saturated rings.